The van der Waals surface area contributed by atoms with E-state index in [1.165, 1.54) is 6.20 Å². The van der Waals surface area contributed by atoms with Gasteiger partial charge in [-0.2, -0.15) is 5.10 Å². The van der Waals surface area contributed by atoms with E-state index < -0.39 is 6.29 Å². The van der Waals surface area contributed by atoms with Crippen LogP contribution in [-0.4, -0.2) is 42.2 Å². The number of hydrogen-bond acceptors (Lipinski definition) is 4. The van der Waals surface area contributed by atoms with Crippen molar-refractivity contribution in [3.63, 3.8) is 0 Å². The number of ether oxygens (including phenoxy) is 2. The van der Waals surface area contributed by atoms with E-state index in [4.69, 9.17) is 9.47 Å². The normalized spacial score (nSPS) is 10.8. The molecule has 1 heterocycles. The van der Waals surface area contributed by atoms with Gasteiger partial charge in [0.05, 0.1) is 17.2 Å². The first-order valence-corrected chi connectivity index (χ1v) is 6.18. The molecule has 0 aliphatic carbocycles. The summed E-state index contributed by atoms with van der Waals surface area (Å²) in [4.78, 5) is 11.7. The van der Waals surface area contributed by atoms with Crippen molar-refractivity contribution in [1.29, 1.82) is 0 Å². The lowest BCUT2D eigenvalue weighted by molar-refractivity contribution is -0.131. The van der Waals surface area contributed by atoms with Crippen molar-refractivity contribution >= 4 is 21.8 Å². The summed E-state index contributed by atoms with van der Waals surface area (Å²) in [5.41, 5.74) is 0.386. The minimum atomic E-state index is -0.421. The fraction of sp³-hybridized carbons (Fsp3) is 0.600. The fourth-order valence-corrected chi connectivity index (χ4v) is 1.60. The highest BCUT2D eigenvalue weighted by molar-refractivity contribution is 9.10. The number of aromatic nitrogens is 2. The largest absolute Gasteiger partial charge is 0.351 e. The Kier molecular flexibility index (Phi) is 6.17. The Hall–Kier alpha value is -0.920. The summed E-state index contributed by atoms with van der Waals surface area (Å²) < 4.78 is 11.2. The van der Waals surface area contributed by atoms with Gasteiger partial charge in [-0.15, -0.1) is 0 Å². The number of carbonyl (C=O) groups excluding carboxylic acids is 1. The number of nitrogens with zero attached hydrogens (tertiary/aromatic N) is 1. The van der Waals surface area contributed by atoms with Crippen molar-refractivity contribution < 1.29 is 14.3 Å². The van der Waals surface area contributed by atoms with E-state index in [1.54, 1.807) is 0 Å². The maximum atomic E-state index is 11.7. The van der Waals surface area contributed by atoms with Crippen LogP contribution in [0.4, 0.5) is 0 Å². The standard InChI is InChI=1S/C10H16BrN3O3/c1-3-16-8(17-4-2)6-12-10(15)9-7(11)5-13-14-9/h5,8H,3-4,6H2,1-2H3,(H,12,15)(H,13,14). The van der Waals surface area contributed by atoms with Crippen molar-refractivity contribution in [2.45, 2.75) is 20.1 Å². The summed E-state index contributed by atoms with van der Waals surface area (Å²) in [7, 11) is 0. The van der Waals surface area contributed by atoms with Crippen LogP contribution >= 0.6 is 15.9 Å². The molecule has 1 aromatic rings. The van der Waals surface area contributed by atoms with Gasteiger partial charge >= 0.3 is 0 Å². The Morgan fingerprint density at radius 3 is 2.65 bits per heavy atom. The molecule has 1 aromatic heterocycles. The molecular weight excluding hydrogens is 290 g/mol. The number of rotatable bonds is 7. The Balaban J connectivity index is 2.43. The average Bonchev–Trinajstić information content (AvgIpc) is 2.72. The Labute approximate surface area is 108 Å². The number of aromatic amines is 1. The predicted molar refractivity (Wildman–Crippen MR) is 65.7 cm³/mol. The lowest BCUT2D eigenvalue weighted by Gasteiger charge is -2.17. The maximum absolute atomic E-state index is 11.7. The van der Waals surface area contributed by atoms with Crippen molar-refractivity contribution in [1.82, 2.24) is 15.5 Å². The van der Waals surface area contributed by atoms with Crippen LogP contribution in [-0.2, 0) is 9.47 Å². The van der Waals surface area contributed by atoms with E-state index in [0.29, 0.717) is 29.9 Å². The molecule has 0 aromatic carbocycles. The van der Waals surface area contributed by atoms with E-state index in [0.717, 1.165) is 0 Å². The second kappa shape index (κ2) is 7.41. The summed E-state index contributed by atoms with van der Waals surface area (Å²) in [6.45, 7) is 5.12. The first kappa shape index (κ1) is 14.1. The molecule has 7 heteroatoms. The van der Waals surface area contributed by atoms with Crippen LogP contribution in [0, 0.1) is 0 Å². The van der Waals surface area contributed by atoms with Gasteiger partial charge in [-0.25, -0.2) is 0 Å². The number of amides is 1. The predicted octanol–water partition coefficient (Wildman–Crippen LogP) is 1.30. The van der Waals surface area contributed by atoms with E-state index in [1.807, 2.05) is 13.8 Å². The van der Waals surface area contributed by atoms with Gasteiger partial charge in [0.15, 0.2) is 6.29 Å². The number of halogens is 1. The summed E-state index contributed by atoms with van der Waals surface area (Å²) >= 11 is 3.22. The molecule has 0 fully saturated rings. The highest BCUT2D eigenvalue weighted by Crippen LogP contribution is 2.12. The van der Waals surface area contributed by atoms with Crippen molar-refractivity contribution in [3.8, 4) is 0 Å². The van der Waals surface area contributed by atoms with Gasteiger partial charge in [0.25, 0.3) is 5.91 Å². The molecule has 0 spiro atoms. The Morgan fingerprint density at radius 1 is 1.53 bits per heavy atom. The van der Waals surface area contributed by atoms with Crippen LogP contribution in [0.2, 0.25) is 0 Å². The van der Waals surface area contributed by atoms with E-state index in [9.17, 15) is 4.79 Å². The quantitative estimate of drug-likeness (QED) is 0.745. The van der Waals surface area contributed by atoms with Crippen molar-refractivity contribution in [3.05, 3.63) is 16.4 Å². The van der Waals surface area contributed by atoms with Gasteiger partial charge < -0.3 is 14.8 Å². The molecular formula is C10H16BrN3O3. The molecule has 2 N–H and O–H groups in total. The molecule has 1 rings (SSSR count). The molecule has 0 bridgehead atoms. The number of hydrogen-bond donors (Lipinski definition) is 2. The highest BCUT2D eigenvalue weighted by atomic mass is 79.9. The third-order valence-corrected chi connectivity index (χ3v) is 2.56. The van der Waals surface area contributed by atoms with Gasteiger partial charge in [-0.1, -0.05) is 0 Å². The van der Waals surface area contributed by atoms with Gasteiger partial charge in [-0.05, 0) is 29.8 Å². The summed E-state index contributed by atoms with van der Waals surface area (Å²) in [5, 5.41) is 9.06. The molecule has 0 saturated heterocycles. The molecule has 0 aliphatic rings. The monoisotopic (exact) mass is 305 g/mol. The van der Waals surface area contributed by atoms with Crippen LogP contribution in [0.1, 0.15) is 24.3 Å². The highest BCUT2D eigenvalue weighted by Gasteiger charge is 2.14. The molecule has 17 heavy (non-hydrogen) atoms. The van der Waals surface area contributed by atoms with E-state index >= 15 is 0 Å². The Bertz CT molecular complexity index is 350. The zero-order valence-corrected chi connectivity index (χ0v) is 11.4. The third-order valence-electron chi connectivity index (χ3n) is 1.95. The summed E-state index contributed by atoms with van der Waals surface area (Å²) in [6.07, 6.45) is 1.10. The lowest BCUT2D eigenvalue weighted by Crippen LogP contribution is -2.35. The molecule has 0 atom stereocenters. The van der Waals surface area contributed by atoms with E-state index in [-0.39, 0.29) is 5.91 Å². The molecule has 1 amide bonds. The third kappa shape index (κ3) is 4.45. The van der Waals surface area contributed by atoms with Crippen molar-refractivity contribution in [2.75, 3.05) is 19.8 Å². The van der Waals surface area contributed by atoms with Gasteiger partial charge in [0.1, 0.15) is 5.69 Å². The molecule has 0 saturated carbocycles. The fourth-order valence-electron chi connectivity index (χ4n) is 1.23. The van der Waals surface area contributed by atoms with Crippen LogP contribution in [0.5, 0.6) is 0 Å². The zero-order chi connectivity index (χ0) is 12.7. The van der Waals surface area contributed by atoms with Gasteiger partial charge in [0, 0.05) is 13.2 Å². The van der Waals surface area contributed by atoms with Crippen molar-refractivity contribution in [2.24, 2.45) is 0 Å². The van der Waals surface area contributed by atoms with Gasteiger partial charge in [-0.3, -0.25) is 9.89 Å². The molecule has 0 unspecified atom stereocenters. The Morgan fingerprint density at radius 2 is 2.18 bits per heavy atom. The number of carbonyl (C=O) groups is 1. The first-order chi connectivity index (χ1) is 8.19. The van der Waals surface area contributed by atoms with E-state index in [2.05, 4.69) is 31.4 Å². The minimum absolute atomic E-state index is 0.251. The summed E-state index contributed by atoms with van der Waals surface area (Å²) in [5.74, 6) is -0.251. The lowest BCUT2D eigenvalue weighted by atomic mass is 10.4. The van der Waals surface area contributed by atoms with Crippen LogP contribution in [0.3, 0.4) is 0 Å². The molecule has 0 aliphatic heterocycles. The first-order valence-electron chi connectivity index (χ1n) is 5.39. The second-order valence-electron chi connectivity index (χ2n) is 3.14. The topological polar surface area (TPSA) is 76.2 Å². The van der Waals surface area contributed by atoms with Crippen LogP contribution in [0.25, 0.3) is 0 Å². The minimum Gasteiger partial charge on any atom is -0.351 e. The number of nitrogens with one attached hydrogen (secondary N) is 2. The molecule has 6 nitrogen and oxygen atoms in total. The van der Waals surface area contributed by atoms with Crippen LogP contribution < -0.4 is 5.32 Å². The second-order valence-corrected chi connectivity index (χ2v) is 4.00. The van der Waals surface area contributed by atoms with Gasteiger partial charge in [0.2, 0.25) is 0 Å². The molecule has 0 radical (unpaired) electrons. The number of H-pyrrole nitrogens is 1. The van der Waals surface area contributed by atoms with Crippen LogP contribution in [0.15, 0.2) is 10.7 Å². The zero-order valence-electron chi connectivity index (χ0n) is 9.83. The smallest absolute Gasteiger partial charge is 0.270 e. The summed E-state index contributed by atoms with van der Waals surface area (Å²) in [6, 6.07) is 0. The average molecular weight is 306 g/mol. The molecule has 96 valence electrons. The SMILES string of the molecule is CCOC(CNC(=O)c1[nH]ncc1Br)OCC. The maximum Gasteiger partial charge on any atom is 0.270 e.